The number of rotatable bonds is 20. The number of aryl methyl sites for hydroxylation is 1. The molecule has 228 valence electrons. The van der Waals surface area contributed by atoms with Gasteiger partial charge in [0.15, 0.2) is 0 Å². The number of allylic oxidation sites excluding steroid dienone is 2. The summed E-state index contributed by atoms with van der Waals surface area (Å²) in [6.07, 6.45) is 11.9. The summed E-state index contributed by atoms with van der Waals surface area (Å²) in [6.45, 7) is 2.52. The van der Waals surface area contributed by atoms with Gasteiger partial charge in [0.1, 0.15) is 6.10 Å². The monoisotopic (exact) mass is 574 g/mol. The van der Waals surface area contributed by atoms with Gasteiger partial charge in [0, 0.05) is 31.7 Å². The van der Waals surface area contributed by atoms with E-state index in [1.54, 1.807) is 0 Å². The van der Waals surface area contributed by atoms with E-state index in [2.05, 4.69) is 10.2 Å². The number of hydrogen-bond donors (Lipinski definition) is 3. The number of carbonyl (C=O) groups is 2. The van der Waals surface area contributed by atoms with Crippen molar-refractivity contribution in [2.45, 2.75) is 95.9 Å². The molecule has 41 heavy (non-hydrogen) atoms. The second-order valence-corrected chi connectivity index (χ2v) is 10.5. The fourth-order valence-corrected chi connectivity index (χ4v) is 5.06. The Hall–Kier alpha value is -3.24. The summed E-state index contributed by atoms with van der Waals surface area (Å²) in [5, 5.41) is 33.5. The van der Waals surface area contributed by atoms with Gasteiger partial charge in [-0.2, -0.15) is 0 Å². The van der Waals surface area contributed by atoms with Crippen molar-refractivity contribution in [3.63, 3.8) is 0 Å². The molecule has 0 aromatic heterocycles. The lowest BCUT2D eigenvalue weighted by Crippen LogP contribution is -2.22. The van der Waals surface area contributed by atoms with Crippen molar-refractivity contribution in [1.82, 2.24) is 5.32 Å². The smallest absolute Gasteiger partial charge is 0.306 e. The Labute approximate surface area is 242 Å². The summed E-state index contributed by atoms with van der Waals surface area (Å²) in [6, 6.07) is 9.91. The van der Waals surface area contributed by atoms with E-state index in [4.69, 9.17) is 4.74 Å². The Balaban J connectivity index is 1.93. The van der Waals surface area contributed by atoms with Crippen LogP contribution in [0.4, 0.5) is 0 Å². The molecule has 1 aromatic carbocycles. The van der Waals surface area contributed by atoms with E-state index >= 15 is 0 Å². The molecular formula is C31H46N2O8. The van der Waals surface area contributed by atoms with Crippen LogP contribution < -0.4 is 5.32 Å². The molecule has 0 bridgehead atoms. The first-order valence-corrected chi connectivity index (χ1v) is 14.8. The van der Waals surface area contributed by atoms with E-state index in [-0.39, 0.29) is 36.7 Å². The number of esters is 1. The molecule has 1 aromatic rings. The molecule has 10 heteroatoms. The molecule has 2 rings (SSSR count). The topological polar surface area (TPSA) is 148 Å². The normalized spacial score (nSPS) is 21.2. The molecule has 0 spiro atoms. The molecule has 1 fully saturated rings. The Morgan fingerprint density at radius 3 is 2.61 bits per heavy atom. The van der Waals surface area contributed by atoms with Crippen LogP contribution in [0.5, 0.6) is 0 Å². The summed E-state index contributed by atoms with van der Waals surface area (Å²) in [7, 11) is 0. The number of benzene rings is 1. The van der Waals surface area contributed by atoms with E-state index < -0.39 is 23.4 Å². The van der Waals surface area contributed by atoms with Gasteiger partial charge >= 0.3 is 5.97 Å². The maximum Gasteiger partial charge on any atom is 0.306 e. The third-order valence-corrected chi connectivity index (χ3v) is 7.25. The van der Waals surface area contributed by atoms with Crippen LogP contribution in [0.2, 0.25) is 0 Å². The van der Waals surface area contributed by atoms with Gasteiger partial charge in [-0.05, 0) is 69.4 Å². The van der Waals surface area contributed by atoms with Gasteiger partial charge in [0.25, 0.3) is 5.09 Å². The van der Waals surface area contributed by atoms with Crippen molar-refractivity contribution in [3.05, 3.63) is 70.3 Å². The first kappa shape index (κ1) is 34.0. The van der Waals surface area contributed by atoms with Crippen molar-refractivity contribution in [1.29, 1.82) is 0 Å². The van der Waals surface area contributed by atoms with Crippen LogP contribution in [0, 0.1) is 22.0 Å². The Morgan fingerprint density at radius 2 is 1.88 bits per heavy atom. The highest BCUT2D eigenvalue weighted by atomic mass is 16.9. The maximum atomic E-state index is 12.6. The minimum absolute atomic E-state index is 0.00647. The van der Waals surface area contributed by atoms with E-state index in [0.717, 1.165) is 18.4 Å². The second-order valence-electron chi connectivity index (χ2n) is 10.5. The number of nitrogens with zero attached hydrogens (tertiary/aromatic N) is 1. The van der Waals surface area contributed by atoms with Crippen LogP contribution in [-0.4, -0.2) is 58.6 Å². The summed E-state index contributed by atoms with van der Waals surface area (Å²) < 4.78 is 5.78. The number of ether oxygens (including phenoxy) is 1. The quantitative estimate of drug-likeness (QED) is 0.0679. The van der Waals surface area contributed by atoms with Crippen molar-refractivity contribution < 1.29 is 34.5 Å². The van der Waals surface area contributed by atoms with E-state index in [0.29, 0.717) is 57.9 Å². The predicted molar refractivity (Wildman–Crippen MR) is 155 cm³/mol. The van der Waals surface area contributed by atoms with Crippen LogP contribution in [0.15, 0.2) is 54.6 Å². The van der Waals surface area contributed by atoms with Crippen LogP contribution in [0.3, 0.4) is 0 Å². The summed E-state index contributed by atoms with van der Waals surface area (Å²) >= 11 is 0. The van der Waals surface area contributed by atoms with Crippen LogP contribution >= 0.6 is 0 Å². The van der Waals surface area contributed by atoms with Crippen LogP contribution in [0.25, 0.3) is 0 Å². The highest BCUT2D eigenvalue weighted by molar-refractivity contribution is 5.75. The predicted octanol–water partition coefficient (Wildman–Crippen LogP) is 4.47. The summed E-state index contributed by atoms with van der Waals surface area (Å²) in [5.41, 5.74) is 1.12. The largest absolute Gasteiger partial charge is 0.458 e. The van der Waals surface area contributed by atoms with Crippen LogP contribution in [0.1, 0.15) is 76.7 Å². The number of aliphatic hydroxyl groups is 2. The Kier molecular flexibility index (Phi) is 16.4. The molecule has 1 aliphatic rings. The zero-order valence-corrected chi connectivity index (χ0v) is 24.1. The fraction of sp³-hybridized carbons (Fsp3) is 0.613. The van der Waals surface area contributed by atoms with Gasteiger partial charge in [0.2, 0.25) is 5.91 Å². The molecule has 0 unspecified atom stereocenters. The summed E-state index contributed by atoms with van der Waals surface area (Å²) in [5.74, 6) is -0.732. The highest BCUT2D eigenvalue weighted by Crippen LogP contribution is 2.36. The SMILES string of the molecule is CCNC(=O)CCCC=CC[C@@H]1[C@@H](C=C[C@H](CCc2ccccc2)OC(=O)CCCCCO[N+](=O)[O-])[C@H](O)C[C@@H]1O. The van der Waals surface area contributed by atoms with E-state index in [9.17, 15) is 29.9 Å². The molecule has 0 heterocycles. The van der Waals surface area contributed by atoms with Crippen molar-refractivity contribution in [2.75, 3.05) is 13.2 Å². The van der Waals surface area contributed by atoms with E-state index in [1.807, 2.05) is 61.6 Å². The lowest BCUT2D eigenvalue weighted by atomic mass is 9.89. The highest BCUT2D eigenvalue weighted by Gasteiger charge is 2.39. The zero-order chi connectivity index (χ0) is 29.9. The van der Waals surface area contributed by atoms with Gasteiger partial charge in [-0.1, -0.05) is 55.0 Å². The third kappa shape index (κ3) is 14.3. The first-order chi connectivity index (χ1) is 19.8. The first-order valence-electron chi connectivity index (χ1n) is 14.8. The lowest BCUT2D eigenvalue weighted by Gasteiger charge is -2.21. The fourth-order valence-electron chi connectivity index (χ4n) is 5.06. The van der Waals surface area contributed by atoms with Gasteiger partial charge in [-0.15, -0.1) is 10.1 Å². The molecule has 3 N–H and O–H groups in total. The molecule has 1 saturated carbocycles. The van der Waals surface area contributed by atoms with Crippen LogP contribution in [-0.2, 0) is 25.6 Å². The number of nitrogens with one attached hydrogen (secondary N) is 1. The Morgan fingerprint density at radius 1 is 1.10 bits per heavy atom. The molecule has 1 amide bonds. The number of carbonyl (C=O) groups excluding carboxylic acids is 2. The van der Waals surface area contributed by atoms with Gasteiger partial charge in [-0.25, -0.2) is 0 Å². The standard InChI is InChI=1S/C31H46N2O8/c1-2-32-30(36)16-10-4-3-9-15-26-27(29(35)23-28(26)34)21-20-25(19-18-24-13-7-5-8-14-24)41-31(37)17-11-6-12-22-40-33(38)39/h3,5,7-9,13-14,20-21,25-29,34-35H,2,4,6,10-12,15-19,22-23H2,1H3,(H,32,36)/t25-,26+,27+,28-,29+/m0/s1. The Bertz CT molecular complexity index is 968. The molecular weight excluding hydrogens is 528 g/mol. The molecule has 0 saturated heterocycles. The second kappa shape index (κ2) is 19.8. The van der Waals surface area contributed by atoms with Crippen molar-refractivity contribution in [2.24, 2.45) is 11.8 Å². The molecule has 5 atom stereocenters. The average molecular weight is 575 g/mol. The van der Waals surface area contributed by atoms with Gasteiger partial charge < -0.3 is 25.1 Å². The number of amides is 1. The maximum absolute atomic E-state index is 12.6. The van der Waals surface area contributed by atoms with Gasteiger partial charge in [0.05, 0.1) is 18.8 Å². The average Bonchev–Trinajstić information content (AvgIpc) is 3.21. The number of aliphatic hydroxyl groups excluding tert-OH is 2. The van der Waals surface area contributed by atoms with Crippen molar-refractivity contribution in [3.8, 4) is 0 Å². The lowest BCUT2D eigenvalue weighted by molar-refractivity contribution is -0.757. The van der Waals surface area contributed by atoms with Gasteiger partial charge in [-0.3, -0.25) is 9.59 Å². The molecule has 1 aliphatic carbocycles. The van der Waals surface area contributed by atoms with E-state index in [1.165, 1.54) is 0 Å². The van der Waals surface area contributed by atoms with Crippen molar-refractivity contribution >= 4 is 11.9 Å². The molecule has 0 aliphatic heterocycles. The zero-order valence-electron chi connectivity index (χ0n) is 24.1. The minimum atomic E-state index is -0.824. The molecule has 0 radical (unpaired) electrons. The minimum Gasteiger partial charge on any atom is -0.458 e. The molecule has 10 nitrogen and oxygen atoms in total. The number of hydrogen-bond acceptors (Lipinski definition) is 8. The number of unbranched alkanes of at least 4 members (excludes halogenated alkanes) is 3. The third-order valence-electron chi connectivity index (χ3n) is 7.25. The summed E-state index contributed by atoms with van der Waals surface area (Å²) in [4.78, 5) is 38.7.